The molecule has 0 fully saturated rings. The highest BCUT2D eigenvalue weighted by atomic mass is 35.5. The first-order valence-corrected chi connectivity index (χ1v) is 9.54. The largest absolute Gasteiger partial charge is 0.504 e. The number of aromatic hydroxyl groups is 1. The van der Waals surface area contributed by atoms with Gasteiger partial charge < -0.3 is 14.4 Å². The molecule has 1 N–H and O–H groups in total. The molecule has 1 aromatic heterocycles. The number of methoxy groups -OCH3 is 1. The lowest BCUT2D eigenvalue weighted by molar-refractivity contribution is 0.220. The molecule has 0 aliphatic carbocycles. The second-order valence-electron chi connectivity index (χ2n) is 6.91. The number of phenolic OH excluding ortho intramolecular Hbond substituents is 1. The Labute approximate surface area is 164 Å². The number of nitrogens with zero attached hydrogens (tertiary/aromatic N) is 2. The van der Waals surface area contributed by atoms with Crippen LogP contribution in [0.15, 0.2) is 60.8 Å². The summed E-state index contributed by atoms with van der Waals surface area (Å²) in [5, 5.41) is 11.1. The van der Waals surface area contributed by atoms with Crippen LogP contribution in [-0.2, 0) is 13.1 Å². The minimum atomic E-state index is 0.0648. The number of phenols is 1. The molecule has 4 rings (SSSR count). The number of aryl methyl sites for hydroxylation is 1. The summed E-state index contributed by atoms with van der Waals surface area (Å²) in [4.78, 5) is 2.46. The summed E-state index contributed by atoms with van der Waals surface area (Å²) in [7, 11) is 1.57. The lowest BCUT2D eigenvalue weighted by Gasteiger charge is -2.31. The van der Waals surface area contributed by atoms with Crippen molar-refractivity contribution in [1.82, 2.24) is 9.47 Å². The van der Waals surface area contributed by atoms with E-state index in [1.54, 1.807) is 7.11 Å². The molecule has 0 amide bonds. The normalized spacial score (nSPS) is 17.3. The number of benzene rings is 2. The quantitative estimate of drug-likeness (QED) is 0.700. The van der Waals surface area contributed by atoms with Gasteiger partial charge in [-0.25, -0.2) is 0 Å². The molecule has 3 aromatic rings. The average Bonchev–Trinajstić information content (AvgIpc) is 3.05. The Morgan fingerprint density at radius 3 is 2.67 bits per heavy atom. The lowest BCUT2D eigenvalue weighted by Crippen LogP contribution is -2.29. The molecule has 1 atom stereocenters. The number of halogens is 1. The van der Waals surface area contributed by atoms with E-state index in [0.29, 0.717) is 5.75 Å². The summed E-state index contributed by atoms with van der Waals surface area (Å²) in [6.45, 7) is 2.79. The summed E-state index contributed by atoms with van der Waals surface area (Å²) in [6.07, 6.45) is 3.21. The Kier molecular flexibility index (Phi) is 5.10. The zero-order valence-electron chi connectivity index (χ0n) is 15.3. The van der Waals surface area contributed by atoms with E-state index in [-0.39, 0.29) is 11.8 Å². The van der Waals surface area contributed by atoms with Gasteiger partial charge in [-0.1, -0.05) is 29.8 Å². The van der Waals surface area contributed by atoms with Crippen molar-refractivity contribution >= 4 is 11.6 Å². The van der Waals surface area contributed by atoms with Crippen molar-refractivity contribution in [3.05, 3.63) is 82.6 Å². The first kappa shape index (κ1) is 18.0. The van der Waals surface area contributed by atoms with Crippen LogP contribution in [-0.4, -0.2) is 28.2 Å². The molecule has 5 heteroatoms. The summed E-state index contributed by atoms with van der Waals surface area (Å²) >= 11 is 6.05. The number of hydrogen-bond donors (Lipinski definition) is 1. The minimum absolute atomic E-state index is 0.0648. The molecule has 2 aromatic carbocycles. The number of rotatable bonds is 4. The van der Waals surface area contributed by atoms with Crippen molar-refractivity contribution in [3.63, 3.8) is 0 Å². The van der Waals surface area contributed by atoms with E-state index >= 15 is 0 Å². The van der Waals surface area contributed by atoms with E-state index < -0.39 is 0 Å². The van der Waals surface area contributed by atoms with Gasteiger partial charge in [0.25, 0.3) is 0 Å². The van der Waals surface area contributed by atoms with E-state index in [4.69, 9.17) is 16.3 Å². The van der Waals surface area contributed by atoms with Crippen LogP contribution in [0.25, 0.3) is 0 Å². The number of fused-ring (bicyclic) bond motifs is 1. The molecule has 0 radical (unpaired) electrons. The van der Waals surface area contributed by atoms with Gasteiger partial charge in [-0.2, -0.15) is 0 Å². The molecule has 1 aliphatic rings. The fraction of sp³-hybridized carbons (Fsp3) is 0.273. The molecule has 140 valence electrons. The van der Waals surface area contributed by atoms with Gasteiger partial charge in [0.2, 0.25) is 0 Å². The fourth-order valence-electron chi connectivity index (χ4n) is 3.89. The first-order chi connectivity index (χ1) is 13.2. The smallest absolute Gasteiger partial charge is 0.160 e. The third kappa shape index (κ3) is 3.68. The van der Waals surface area contributed by atoms with Crippen molar-refractivity contribution in [2.75, 3.05) is 13.7 Å². The molecule has 0 saturated carbocycles. The Morgan fingerprint density at radius 2 is 1.93 bits per heavy atom. The van der Waals surface area contributed by atoms with Gasteiger partial charge in [0.05, 0.1) is 13.2 Å². The predicted octanol–water partition coefficient (Wildman–Crippen LogP) is 4.85. The lowest BCUT2D eigenvalue weighted by atomic mass is 10.0. The van der Waals surface area contributed by atoms with Gasteiger partial charge in [-0.15, -0.1) is 0 Å². The highest BCUT2D eigenvalue weighted by Gasteiger charge is 2.28. The van der Waals surface area contributed by atoms with Crippen molar-refractivity contribution < 1.29 is 9.84 Å². The predicted molar refractivity (Wildman–Crippen MR) is 107 cm³/mol. The standard InChI is InChI=1S/C22H23ClN2O2/c1-27-21-10-7-17(14-20(21)26)22-19-4-2-11-24(19)12-3-13-25(22)15-16-5-8-18(23)9-6-16/h2,4-11,14,22,26H,3,12-13,15H2,1H3/t22-/m0/s1. The molecule has 0 saturated heterocycles. The molecule has 0 unspecified atom stereocenters. The second-order valence-corrected chi connectivity index (χ2v) is 7.35. The SMILES string of the molecule is COc1ccc([C@H]2c3cccn3CCCN2Cc2ccc(Cl)cc2)cc1O. The fourth-order valence-corrected chi connectivity index (χ4v) is 4.02. The summed E-state index contributed by atoms with van der Waals surface area (Å²) in [6, 6.07) is 18.1. The van der Waals surface area contributed by atoms with Gasteiger partial charge >= 0.3 is 0 Å². The monoisotopic (exact) mass is 382 g/mol. The molecule has 27 heavy (non-hydrogen) atoms. The third-order valence-corrected chi connectivity index (χ3v) is 5.42. The van der Waals surface area contributed by atoms with Gasteiger partial charge in [0.1, 0.15) is 0 Å². The molecular weight excluding hydrogens is 360 g/mol. The van der Waals surface area contributed by atoms with Crippen LogP contribution in [0.3, 0.4) is 0 Å². The van der Waals surface area contributed by atoms with E-state index in [1.807, 2.05) is 30.3 Å². The van der Waals surface area contributed by atoms with Crippen LogP contribution in [0, 0.1) is 0 Å². The number of aromatic nitrogens is 1. The van der Waals surface area contributed by atoms with Crippen LogP contribution in [0.5, 0.6) is 11.5 Å². The van der Waals surface area contributed by atoms with Crippen LogP contribution >= 0.6 is 11.6 Å². The summed E-state index contributed by atoms with van der Waals surface area (Å²) in [5.41, 5.74) is 3.53. The topological polar surface area (TPSA) is 37.6 Å². The Morgan fingerprint density at radius 1 is 1.11 bits per heavy atom. The van der Waals surface area contributed by atoms with Crippen molar-refractivity contribution in [2.24, 2.45) is 0 Å². The van der Waals surface area contributed by atoms with E-state index in [2.05, 4.69) is 39.9 Å². The maximum atomic E-state index is 10.3. The Bertz CT molecular complexity index is 920. The maximum Gasteiger partial charge on any atom is 0.160 e. The summed E-state index contributed by atoms with van der Waals surface area (Å²) < 4.78 is 7.53. The average molecular weight is 383 g/mol. The zero-order chi connectivity index (χ0) is 18.8. The van der Waals surface area contributed by atoms with Gasteiger partial charge in [0.15, 0.2) is 11.5 Å². The zero-order valence-corrected chi connectivity index (χ0v) is 16.1. The number of hydrogen-bond acceptors (Lipinski definition) is 3. The molecule has 1 aliphatic heterocycles. The highest BCUT2D eigenvalue weighted by molar-refractivity contribution is 6.30. The van der Waals surface area contributed by atoms with Crippen molar-refractivity contribution in [2.45, 2.75) is 25.6 Å². The Hall–Kier alpha value is -2.43. The van der Waals surface area contributed by atoms with Gasteiger partial charge in [-0.3, -0.25) is 4.90 Å². The van der Waals surface area contributed by atoms with Gasteiger partial charge in [0, 0.05) is 36.5 Å². The van der Waals surface area contributed by atoms with Crippen LogP contribution < -0.4 is 4.74 Å². The second kappa shape index (κ2) is 7.67. The third-order valence-electron chi connectivity index (χ3n) is 5.17. The molecular formula is C22H23ClN2O2. The first-order valence-electron chi connectivity index (χ1n) is 9.16. The van der Waals surface area contributed by atoms with Crippen molar-refractivity contribution in [1.29, 1.82) is 0 Å². The maximum absolute atomic E-state index is 10.3. The minimum Gasteiger partial charge on any atom is -0.504 e. The van der Waals surface area contributed by atoms with E-state index in [0.717, 1.165) is 36.6 Å². The molecule has 4 nitrogen and oxygen atoms in total. The van der Waals surface area contributed by atoms with Crippen LogP contribution in [0.1, 0.15) is 29.3 Å². The van der Waals surface area contributed by atoms with E-state index in [9.17, 15) is 5.11 Å². The number of ether oxygens (including phenoxy) is 1. The highest BCUT2D eigenvalue weighted by Crippen LogP contribution is 2.37. The van der Waals surface area contributed by atoms with E-state index in [1.165, 1.54) is 11.3 Å². The van der Waals surface area contributed by atoms with Crippen LogP contribution in [0.2, 0.25) is 5.02 Å². The van der Waals surface area contributed by atoms with Crippen LogP contribution in [0.4, 0.5) is 0 Å². The van der Waals surface area contributed by atoms with Gasteiger partial charge in [-0.05, 0) is 53.9 Å². The molecule has 0 bridgehead atoms. The van der Waals surface area contributed by atoms with Crippen molar-refractivity contribution in [3.8, 4) is 11.5 Å². The Balaban J connectivity index is 1.74. The summed E-state index contributed by atoms with van der Waals surface area (Å²) in [5.74, 6) is 0.663. The molecule has 0 spiro atoms. The molecule has 2 heterocycles.